The molecule has 3 N–H and O–H groups in total. The number of ketones is 1. The zero-order chi connectivity index (χ0) is 13.8. The average molecular weight is 256 g/mol. The molecular formula is C15H12O4. The van der Waals surface area contributed by atoms with Crippen LogP contribution in [0.2, 0.25) is 0 Å². The summed E-state index contributed by atoms with van der Waals surface area (Å²) in [6.07, 6.45) is 2.60. The van der Waals surface area contributed by atoms with Crippen molar-refractivity contribution in [3.63, 3.8) is 0 Å². The molecule has 19 heavy (non-hydrogen) atoms. The first-order chi connectivity index (χ1) is 9.08. The lowest BCUT2D eigenvalue weighted by Gasteiger charge is -2.01. The first-order valence-corrected chi connectivity index (χ1v) is 5.60. The second-order valence-electron chi connectivity index (χ2n) is 3.96. The molecule has 4 nitrogen and oxygen atoms in total. The summed E-state index contributed by atoms with van der Waals surface area (Å²) in [5.41, 5.74) is 0.502. The number of rotatable bonds is 3. The first kappa shape index (κ1) is 12.7. The normalized spacial score (nSPS) is 10.7. The number of carbonyl (C=O) groups is 1. The second kappa shape index (κ2) is 5.27. The third kappa shape index (κ3) is 2.93. The Balaban J connectivity index is 2.26. The van der Waals surface area contributed by atoms with Gasteiger partial charge in [-0.15, -0.1) is 0 Å². The van der Waals surface area contributed by atoms with Gasteiger partial charge in [0.2, 0.25) is 0 Å². The molecule has 2 rings (SSSR count). The number of hydrogen-bond donors (Lipinski definition) is 3. The zero-order valence-electron chi connectivity index (χ0n) is 9.95. The molecular weight excluding hydrogens is 244 g/mol. The second-order valence-corrected chi connectivity index (χ2v) is 3.96. The minimum Gasteiger partial charge on any atom is -0.508 e. The van der Waals surface area contributed by atoms with Gasteiger partial charge in [-0.3, -0.25) is 4.79 Å². The van der Waals surface area contributed by atoms with Gasteiger partial charge < -0.3 is 15.3 Å². The molecule has 0 aliphatic carbocycles. The lowest BCUT2D eigenvalue weighted by molar-refractivity contribution is 0.104. The number of carbonyl (C=O) groups excluding carboxylic acids is 1. The summed E-state index contributed by atoms with van der Waals surface area (Å²) >= 11 is 0. The summed E-state index contributed by atoms with van der Waals surface area (Å²) in [5.74, 6) is -0.537. The van der Waals surface area contributed by atoms with Gasteiger partial charge in [-0.25, -0.2) is 0 Å². The summed E-state index contributed by atoms with van der Waals surface area (Å²) in [4.78, 5) is 11.8. The van der Waals surface area contributed by atoms with Crippen LogP contribution < -0.4 is 0 Å². The Bertz CT molecular complexity index is 644. The summed E-state index contributed by atoms with van der Waals surface area (Å²) in [5, 5.41) is 28.4. The number of para-hydroxylation sites is 1. The molecule has 0 fully saturated rings. The molecule has 0 aliphatic heterocycles. The molecule has 2 aromatic carbocycles. The Labute approximate surface area is 109 Å². The van der Waals surface area contributed by atoms with Gasteiger partial charge in [-0.05, 0) is 42.5 Å². The maximum Gasteiger partial charge on any atom is 0.189 e. The van der Waals surface area contributed by atoms with Gasteiger partial charge in [0, 0.05) is 5.56 Å². The van der Waals surface area contributed by atoms with E-state index in [4.69, 9.17) is 0 Å². The molecule has 4 heteroatoms. The van der Waals surface area contributed by atoms with E-state index in [-0.39, 0.29) is 28.6 Å². The number of benzene rings is 2. The van der Waals surface area contributed by atoms with Gasteiger partial charge in [0.05, 0.1) is 5.56 Å². The molecule has 0 spiro atoms. The lowest BCUT2D eigenvalue weighted by Crippen LogP contribution is -1.94. The van der Waals surface area contributed by atoms with Crippen LogP contribution in [0.3, 0.4) is 0 Å². The summed E-state index contributed by atoms with van der Waals surface area (Å²) in [6, 6.07) is 10.2. The summed E-state index contributed by atoms with van der Waals surface area (Å²) in [7, 11) is 0. The van der Waals surface area contributed by atoms with E-state index in [1.165, 1.54) is 42.5 Å². The van der Waals surface area contributed by atoms with Crippen molar-refractivity contribution in [1.29, 1.82) is 0 Å². The van der Waals surface area contributed by atoms with E-state index in [9.17, 15) is 20.1 Å². The van der Waals surface area contributed by atoms with Crippen LogP contribution in [0.15, 0.2) is 48.5 Å². The monoisotopic (exact) mass is 256 g/mol. The van der Waals surface area contributed by atoms with Crippen LogP contribution in [-0.2, 0) is 0 Å². The van der Waals surface area contributed by atoms with E-state index in [0.717, 1.165) is 0 Å². The third-order valence-corrected chi connectivity index (χ3v) is 2.59. The molecule has 0 unspecified atom stereocenters. The highest BCUT2D eigenvalue weighted by Crippen LogP contribution is 2.24. The zero-order valence-corrected chi connectivity index (χ0v) is 9.95. The molecule has 0 radical (unpaired) electrons. The fourth-order valence-corrected chi connectivity index (χ4v) is 1.61. The molecule has 0 atom stereocenters. The summed E-state index contributed by atoms with van der Waals surface area (Å²) < 4.78 is 0. The molecule has 0 heterocycles. The van der Waals surface area contributed by atoms with Gasteiger partial charge in [-0.1, -0.05) is 12.1 Å². The highest BCUT2D eigenvalue weighted by Gasteiger charge is 2.07. The molecule has 0 aliphatic rings. The Morgan fingerprint density at radius 2 is 1.68 bits per heavy atom. The predicted octanol–water partition coefficient (Wildman–Crippen LogP) is 2.70. The van der Waals surface area contributed by atoms with Gasteiger partial charge in [-0.2, -0.15) is 0 Å². The maximum absolute atomic E-state index is 11.8. The van der Waals surface area contributed by atoms with Crippen molar-refractivity contribution in [3.8, 4) is 17.2 Å². The van der Waals surface area contributed by atoms with E-state index in [1.807, 2.05) is 0 Å². The third-order valence-electron chi connectivity index (χ3n) is 2.59. The molecule has 0 bridgehead atoms. The van der Waals surface area contributed by atoms with Crippen molar-refractivity contribution in [1.82, 2.24) is 0 Å². The SMILES string of the molecule is O=C(/C=C/c1cc(O)ccc1O)c1ccccc1O. The number of aromatic hydroxyl groups is 3. The van der Waals surface area contributed by atoms with Gasteiger partial charge in [0.1, 0.15) is 17.2 Å². The Morgan fingerprint density at radius 1 is 0.947 bits per heavy atom. The average Bonchev–Trinajstić information content (AvgIpc) is 2.40. The van der Waals surface area contributed by atoms with E-state index in [0.29, 0.717) is 5.56 Å². The highest BCUT2D eigenvalue weighted by molar-refractivity contribution is 6.08. The van der Waals surface area contributed by atoms with Crippen molar-refractivity contribution in [2.45, 2.75) is 0 Å². The van der Waals surface area contributed by atoms with Crippen molar-refractivity contribution >= 4 is 11.9 Å². The number of allylic oxidation sites excluding steroid dienone is 1. The van der Waals surface area contributed by atoms with E-state index in [1.54, 1.807) is 12.1 Å². The van der Waals surface area contributed by atoms with Crippen LogP contribution in [0.4, 0.5) is 0 Å². The number of hydrogen-bond acceptors (Lipinski definition) is 4. The molecule has 0 aromatic heterocycles. The van der Waals surface area contributed by atoms with Gasteiger partial charge in [0.25, 0.3) is 0 Å². The number of phenolic OH excluding ortho intramolecular Hbond substituents is 3. The van der Waals surface area contributed by atoms with Crippen LogP contribution in [0.5, 0.6) is 17.2 Å². The largest absolute Gasteiger partial charge is 0.508 e. The topological polar surface area (TPSA) is 77.8 Å². The predicted molar refractivity (Wildman–Crippen MR) is 71.2 cm³/mol. The van der Waals surface area contributed by atoms with Crippen molar-refractivity contribution in [2.75, 3.05) is 0 Å². The van der Waals surface area contributed by atoms with Crippen LogP contribution in [0, 0.1) is 0 Å². The van der Waals surface area contributed by atoms with Crippen molar-refractivity contribution in [2.24, 2.45) is 0 Å². The fraction of sp³-hybridized carbons (Fsp3) is 0. The van der Waals surface area contributed by atoms with E-state index in [2.05, 4.69) is 0 Å². The minimum atomic E-state index is -0.388. The molecule has 0 saturated carbocycles. The lowest BCUT2D eigenvalue weighted by atomic mass is 10.1. The molecule has 2 aromatic rings. The van der Waals surface area contributed by atoms with Crippen LogP contribution >= 0.6 is 0 Å². The van der Waals surface area contributed by atoms with Gasteiger partial charge in [0.15, 0.2) is 5.78 Å². The molecule has 96 valence electrons. The van der Waals surface area contributed by atoms with Crippen molar-refractivity contribution < 1.29 is 20.1 Å². The van der Waals surface area contributed by atoms with Crippen LogP contribution in [0.25, 0.3) is 6.08 Å². The smallest absolute Gasteiger partial charge is 0.189 e. The van der Waals surface area contributed by atoms with E-state index >= 15 is 0 Å². The fourth-order valence-electron chi connectivity index (χ4n) is 1.61. The quantitative estimate of drug-likeness (QED) is 0.448. The van der Waals surface area contributed by atoms with Crippen LogP contribution in [-0.4, -0.2) is 21.1 Å². The van der Waals surface area contributed by atoms with E-state index < -0.39 is 0 Å². The first-order valence-electron chi connectivity index (χ1n) is 5.60. The standard InChI is InChI=1S/C15H12O4/c16-11-6-8-13(17)10(9-11)5-7-15(19)12-3-1-2-4-14(12)18/h1-9,16-18H/b7-5+. The Hall–Kier alpha value is -2.75. The highest BCUT2D eigenvalue weighted by atomic mass is 16.3. The van der Waals surface area contributed by atoms with Crippen molar-refractivity contribution in [3.05, 3.63) is 59.7 Å². The minimum absolute atomic E-state index is 0.00698. The van der Waals surface area contributed by atoms with Gasteiger partial charge >= 0.3 is 0 Å². The molecule has 0 amide bonds. The Kier molecular flexibility index (Phi) is 3.52. The number of phenols is 3. The van der Waals surface area contributed by atoms with Crippen LogP contribution in [0.1, 0.15) is 15.9 Å². The maximum atomic E-state index is 11.8. The Morgan fingerprint density at radius 3 is 2.42 bits per heavy atom. The summed E-state index contributed by atoms with van der Waals surface area (Å²) in [6.45, 7) is 0. The molecule has 0 saturated heterocycles.